The van der Waals surface area contributed by atoms with Crippen LogP contribution < -0.4 is 4.18 Å². The minimum atomic E-state index is -5.72. The Labute approximate surface area is 150 Å². The molecule has 0 amide bonds. The maximum Gasteiger partial charge on any atom is 0.534 e. The number of fused-ring (bicyclic) bond motifs is 1. The van der Waals surface area contributed by atoms with E-state index in [1.807, 2.05) is 36.4 Å². The molecule has 0 atom stereocenters. The van der Waals surface area contributed by atoms with E-state index in [9.17, 15) is 21.6 Å². The molecule has 0 aromatic heterocycles. The highest BCUT2D eigenvalue weighted by Gasteiger charge is 2.48. The summed E-state index contributed by atoms with van der Waals surface area (Å²) in [6, 6.07) is 17.6. The molecule has 3 aromatic carbocycles. The van der Waals surface area contributed by atoms with Gasteiger partial charge in [-0.2, -0.15) is 21.6 Å². The number of rotatable bonds is 3. The topological polar surface area (TPSA) is 43.4 Å². The molecular formula is C17H10BrF3O3S. The number of hydrogen-bond donors (Lipinski definition) is 0. The van der Waals surface area contributed by atoms with Gasteiger partial charge in [0.1, 0.15) is 0 Å². The lowest BCUT2D eigenvalue weighted by molar-refractivity contribution is -0.0500. The lowest BCUT2D eigenvalue weighted by Gasteiger charge is -2.12. The average molecular weight is 431 g/mol. The summed E-state index contributed by atoms with van der Waals surface area (Å²) in [7, 11) is -5.72. The molecule has 3 nitrogen and oxygen atoms in total. The van der Waals surface area contributed by atoms with Gasteiger partial charge in [-0.1, -0.05) is 48.5 Å². The van der Waals surface area contributed by atoms with Gasteiger partial charge < -0.3 is 4.18 Å². The zero-order chi connectivity index (χ0) is 18.2. The summed E-state index contributed by atoms with van der Waals surface area (Å²) < 4.78 is 64.1. The molecule has 0 N–H and O–H groups in total. The van der Waals surface area contributed by atoms with Gasteiger partial charge in [0.05, 0.1) is 4.47 Å². The minimum absolute atomic E-state index is 0.137. The lowest BCUT2D eigenvalue weighted by atomic mass is 10.0. The molecule has 130 valence electrons. The summed E-state index contributed by atoms with van der Waals surface area (Å²) in [5.74, 6) is -0.419. The Morgan fingerprint density at radius 2 is 1.56 bits per heavy atom. The third kappa shape index (κ3) is 3.50. The van der Waals surface area contributed by atoms with E-state index in [2.05, 4.69) is 20.1 Å². The Hall–Kier alpha value is -2.06. The van der Waals surface area contributed by atoms with Crippen molar-refractivity contribution in [2.45, 2.75) is 5.51 Å². The second-order valence-electron chi connectivity index (χ2n) is 5.16. The predicted molar refractivity (Wildman–Crippen MR) is 92.7 cm³/mol. The Balaban J connectivity index is 2.04. The van der Waals surface area contributed by atoms with Crippen LogP contribution in [-0.2, 0) is 10.1 Å². The van der Waals surface area contributed by atoms with E-state index in [0.717, 1.165) is 16.5 Å². The monoisotopic (exact) mass is 430 g/mol. The van der Waals surface area contributed by atoms with Crippen LogP contribution in [0, 0.1) is 0 Å². The van der Waals surface area contributed by atoms with Gasteiger partial charge >= 0.3 is 15.6 Å². The molecule has 0 aliphatic carbocycles. The zero-order valence-corrected chi connectivity index (χ0v) is 14.8. The summed E-state index contributed by atoms with van der Waals surface area (Å²) in [6.07, 6.45) is 0. The van der Waals surface area contributed by atoms with Crippen LogP contribution in [0.3, 0.4) is 0 Å². The molecule has 3 aromatic rings. The second-order valence-corrected chi connectivity index (χ2v) is 7.49. The van der Waals surface area contributed by atoms with Crippen molar-refractivity contribution in [2.24, 2.45) is 0 Å². The molecule has 0 aliphatic heterocycles. The van der Waals surface area contributed by atoms with Crippen LogP contribution in [0.4, 0.5) is 13.2 Å². The zero-order valence-electron chi connectivity index (χ0n) is 12.4. The maximum absolute atomic E-state index is 12.5. The minimum Gasteiger partial charge on any atom is -0.375 e. The molecule has 0 saturated carbocycles. The molecule has 0 heterocycles. The van der Waals surface area contributed by atoms with Crippen LogP contribution in [0.2, 0.25) is 0 Å². The molecule has 0 saturated heterocycles. The average Bonchev–Trinajstić information content (AvgIpc) is 2.57. The van der Waals surface area contributed by atoms with Gasteiger partial charge in [-0.05, 0) is 50.0 Å². The summed E-state index contributed by atoms with van der Waals surface area (Å²) in [5, 5.41) is 1.26. The van der Waals surface area contributed by atoms with Crippen molar-refractivity contribution in [2.75, 3.05) is 0 Å². The van der Waals surface area contributed by atoms with E-state index < -0.39 is 21.4 Å². The molecule has 0 radical (unpaired) electrons. The first-order valence-corrected chi connectivity index (χ1v) is 9.17. The van der Waals surface area contributed by atoms with Crippen LogP contribution >= 0.6 is 15.9 Å². The van der Waals surface area contributed by atoms with Gasteiger partial charge in [0.25, 0.3) is 0 Å². The highest BCUT2D eigenvalue weighted by atomic mass is 79.9. The van der Waals surface area contributed by atoms with Gasteiger partial charge in [-0.15, -0.1) is 0 Å². The van der Waals surface area contributed by atoms with Crippen molar-refractivity contribution >= 4 is 36.8 Å². The van der Waals surface area contributed by atoms with E-state index >= 15 is 0 Å². The van der Waals surface area contributed by atoms with E-state index in [-0.39, 0.29) is 4.47 Å². The van der Waals surface area contributed by atoms with Gasteiger partial charge in [0.15, 0.2) is 5.75 Å². The standard InChI is InChI=1S/C17H10BrF3O3S/c18-16-14-8-6-12(11-4-2-1-3-5-11)10-13(14)7-9-15(16)24-25(22,23)17(19,20)21/h1-10H. The van der Waals surface area contributed by atoms with Crippen molar-refractivity contribution in [3.05, 3.63) is 65.1 Å². The van der Waals surface area contributed by atoms with Gasteiger partial charge in [-0.25, -0.2) is 0 Å². The Bertz CT molecular complexity index is 1030. The summed E-state index contributed by atoms with van der Waals surface area (Å²) in [6.45, 7) is 0. The summed E-state index contributed by atoms with van der Waals surface area (Å²) in [5.41, 5.74) is -3.57. The molecule has 0 aliphatic rings. The van der Waals surface area contributed by atoms with Gasteiger partial charge in [0.2, 0.25) is 0 Å². The number of benzene rings is 3. The number of hydrogen-bond acceptors (Lipinski definition) is 3. The largest absolute Gasteiger partial charge is 0.534 e. The fourth-order valence-corrected chi connectivity index (χ4v) is 3.46. The first kappa shape index (κ1) is 17.8. The molecule has 0 unspecified atom stereocenters. The normalized spacial score (nSPS) is 12.3. The summed E-state index contributed by atoms with van der Waals surface area (Å²) >= 11 is 3.13. The lowest BCUT2D eigenvalue weighted by Crippen LogP contribution is -2.28. The second kappa shape index (κ2) is 6.34. The molecule has 0 spiro atoms. The van der Waals surface area contributed by atoms with E-state index in [1.54, 1.807) is 12.1 Å². The van der Waals surface area contributed by atoms with Gasteiger partial charge in [-0.3, -0.25) is 0 Å². The molecule has 8 heteroatoms. The van der Waals surface area contributed by atoms with Crippen molar-refractivity contribution in [3.63, 3.8) is 0 Å². The van der Waals surface area contributed by atoms with Crippen molar-refractivity contribution in [3.8, 4) is 16.9 Å². The molecule has 25 heavy (non-hydrogen) atoms. The Kier molecular flexibility index (Phi) is 4.51. The van der Waals surface area contributed by atoms with Crippen LogP contribution in [0.5, 0.6) is 5.75 Å². The molecule has 0 bridgehead atoms. The van der Waals surface area contributed by atoms with E-state index in [1.165, 1.54) is 12.1 Å². The third-order valence-electron chi connectivity index (χ3n) is 3.51. The third-order valence-corrected chi connectivity index (χ3v) is 5.29. The highest BCUT2D eigenvalue weighted by Crippen LogP contribution is 2.37. The first-order chi connectivity index (χ1) is 11.7. The quantitative estimate of drug-likeness (QED) is 0.407. The molecular weight excluding hydrogens is 421 g/mol. The number of alkyl halides is 3. The van der Waals surface area contributed by atoms with Crippen molar-refractivity contribution in [1.82, 2.24) is 0 Å². The molecule has 0 fully saturated rings. The van der Waals surface area contributed by atoms with Crippen LogP contribution in [-0.4, -0.2) is 13.9 Å². The van der Waals surface area contributed by atoms with Crippen LogP contribution in [0.25, 0.3) is 21.9 Å². The van der Waals surface area contributed by atoms with E-state index in [4.69, 9.17) is 0 Å². The Morgan fingerprint density at radius 1 is 0.880 bits per heavy atom. The SMILES string of the molecule is O=S(=O)(Oc1ccc2cc(-c3ccccc3)ccc2c1Br)C(F)(F)F. The first-order valence-electron chi connectivity index (χ1n) is 6.97. The predicted octanol–water partition coefficient (Wildman–Crippen LogP) is 5.50. The van der Waals surface area contributed by atoms with E-state index in [0.29, 0.717) is 5.39 Å². The smallest absolute Gasteiger partial charge is 0.375 e. The van der Waals surface area contributed by atoms with Crippen LogP contribution in [0.1, 0.15) is 0 Å². The fraction of sp³-hybridized carbons (Fsp3) is 0.0588. The number of halogens is 4. The molecule has 3 rings (SSSR count). The van der Waals surface area contributed by atoms with Crippen molar-refractivity contribution in [1.29, 1.82) is 0 Å². The van der Waals surface area contributed by atoms with Crippen molar-refractivity contribution < 1.29 is 25.8 Å². The van der Waals surface area contributed by atoms with Gasteiger partial charge in [0, 0.05) is 0 Å². The fourth-order valence-electron chi connectivity index (χ4n) is 2.31. The van der Waals surface area contributed by atoms with Crippen LogP contribution in [0.15, 0.2) is 65.1 Å². The highest BCUT2D eigenvalue weighted by molar-refractivity contribution is 9.10. The maximum atomic E-state index is 12.5. The summed E-state index contributed by atoms with van der Waals surface area (Å²) in [4.78, 5) is 0. The Morgan fingerprint density at radius 3 is 2.20 bits per heavy atom.